The minimum absolute atomic E-state index is 0.167. The van der Waals surface area contributed by atoms with Crippen LogP contribution in [-0.4, -0.2) is 41.5 Å². The van der Waals surface area contributed by atoms with Crippen molar-refractivity contribution < 1.29 is 18.7 Å². The Morgan fingerprint density at radius 3 is 2.58 bits per heavy atom. The van der Waals surface area contributed by atoms with Gasteiger partial charge in [-0.1, -0.05) is 18.2 Å². The van der Waals surface area contributed by atoms with E-state index in [9.17, 15) is 14.0 Å². The molecule has 2 atom stereocenters. The molecule has 1 saturated heterocycles. The van der Waals surface area contributed by atoms with Gasteiger partial charge in [0.15, 0.2) is 0 Å². The third kappa shape index (κ3) is 5.46. The Balaban J connectivity index is 1.54. The van der Waals surface area contributed by atoms with Gasteiger partial charge in [0.05, 0.1) is 7.11 Å². The second kappa shape index (κ2) is 10.1. The zero-order valence-electron chi connectivity index (χ0n) is 18.2. The van der Waals surface area contributed by atoms with E-state index in [1.165, 1.54) is 24.3 Å². The molecule has 0 spiro atoms. The number of urea groups is 1. The van der Waals surface area contributed by atoms with Gasteiger partial charge in [0.2, 0.25) is 5.91 Å². The number of aromatic nitrogens is 1. The van der Waals surface area contributed by atoms with Crippen LogP contribution in [0.15, 0.2) is 73.1 Å². The summed E-state index contributed by atoms with van der Waals surface area (Å²) < 4.78 is 18.4. The first-order chi connectivity index (χ1) is 16.0. The molecule has 1 aromatic heterocycles. The van der Waals surface area contributed by atoms with E-state index in [1.807, 2.05) is 36.4 Å². The number of benzene rings is 2. The lowest BCUT2D eigenvalue weighted by atomic mass is 9.84. The van der Waals surface area contributed by atoms with Crippen molar-refractivity contribution in [3.63, 3.8) is 0 Å². The number of piperidine rings is 1. The predicted octanol–water partition coefficient (Wildman–Crippen LogP) is 3.94. The van der Waals surface area contributed by atoms with Crippen LogP contribution in [0.25, 0.3) is 0 Å². The Morgan fingerprint density at radius 1 is 1.15 bits per heavy atom. The lowest BCUT2D eigenvalue weighted by Crippen LogP contribution is -2.56. The summed E-state index contributed by atoms with van der Waals surface area (Å²) in [6.45, 7) is 0.974. The number of methoxy groups -OCH3 is 1. The van der Waals surface area contributed by atoms with E-state index in [4.69, 9.17) is 4.74 Å². The molecule has 4 rings (SSSR count). The number of halogens is 1. The number of pyridine rings is 1. The fourth-order valence-electron chi connectivity index (χ4n) is 4.02. The molecule has 0 bridgehead atoms. The normalized spacial score (nSPS) is 18.0. The van der Waals surface area contributed by atoms with Crippen molar-refractivity contribution in [1.29, 1.82) is 0 Å². The number of nitrogens with one attached hydrogen (secondary N) is 2. The van der Waals surface area contributed by atoms with Crippen molar-refractivity contribution >= 4 is 17.6 Å². The summed E-state index contributed by atoms with van der Waals surface area (Å²) in [5, 5.41) is 5.52. The Hall–Kier alpha value is -3.94. The molecule has 0 radical (unpaired) electrons. The lowest BCUT2D eigenvalue weighted by molar-refractivity contribution is -0.137. The van der Waals surface area contributed by atoms with Crippen LogP contribution in [0.5, 0.6) is 5.75 Å². The molecule has 2 heterocycles. The Kier molecular flexibility index (Phi) is 6.83. The summed E-state index contributed by atoms with van der Waals surface area (Å²) in [7, 11) is 1.60. The maximum atomic E-state index is 13.5. The van der Waals surface area contributed by atoms with Crippen LogP contribution >= 0.6 is 0 Å². The molecule has 8 heteroatoms. The minimum atomic E-state index is -0.760. The van der Waals surface area contributed by atoms with Crippen LogP contribution in [0.1, 0.15) is 23.5 Å². The van der Waals surface area contributed by atoms with Crippen LogP contribution in [0.4, 0.5) is 14.9 Å². The largest absolute Gasteiger partial charge is 0.497 e. The van der Waals surface area contributed by atoms with Gasteiger partial charge in [-0.05, 0) is 60.0 Å². The van der Waals surface area contributed by atoms with Crippen molar-refractivity contribution in [2.75, 3.05) is 19.0 Å². The summed E-state index contributed by atoms with van der Waals surface area (Å²) >= 11 is 0. The van der Waals surface area contributed by atoms with Crippen molar-refractivity contribution in [3.8, 4) is 5.75 Å². The van der Waals surface area contributed by atoms with Gasteiger partial charge >= 0.3 is 6.03 Å². The van der Waals surface area contributed by atoms with Gasteiger partial charge in [-0.25, -0.2) is 9.18 Å². The SMILES string of the molecule is COc1ccc([C@H]2CCN(Cc3cccnc3)C(=O)[C@@H]2NC(=O)Nc2ccc(F)cc2)cc1. The molecule has 1 aliphatic heterocycles. The van der Waals surface area contributed by atoms with Crippen molar-refractivity contribution in [1.82, 2.24) is 15.2 Å². The molecule has 170 valence electrons. The van der Waals surface area contributed by atoms with Gasteiger partial charge in [-0.3, -0.25) is 9.78 Å². The second-order valence-corrected chi connectivity index (χ2v) is 7.87. The van der Waals surface area contributed by atoms with Crippen molar-refractivity contribution in [2.45, 2.75) is 24.9 Å². The van der Waals surface area contributed by atoms with E-state index in [-0.39, 0.29) is 11.8 Å². The molecule has 0 unspecified atom stereocenters. The molecular formula is C25H25FN4O3. The zero-order valence-corrected chi connectivity index (χ0v) is 18.2. The first-order valence-electron chi connectivity index (χ1n) is 10.7. The van der Waals surface area contributed by atoms with Crippen molar-refractivity contribution in [3.05, 3.63) is 90.0 Å². The summed E-state index contributed by atoms with van der Waals surface area (Å²) in [5.41, 5.74) is 2.30. The molecule has 0 saturated carbocycles. The van der Waals surface area contributed by atoms with Gasteiger partial charge in [0.25, 0.3) is 0 Å². The van der Waals surface area contributed by atoms with Crippen LogP contribution in [0, 0.1) is 5.82 Å². The highest BCUT2D eigenvalue weighted by Crippen LogP contribution is 2.31. The summed E-state index contributed by atoms with van der Waals surface area (Å²) in [6, 6.07) is 15.4. The minimum Gasteiger partial charge on any atom is -0.497 e. The van der Waals surface area contributed by atoms with Crippen LogP contribution in [0.3, 0.4) is 0 Å². The average Bonchev–Trinajstić information content (AvgIpc) is 2.84. The number of nitrogens with zero attached hydrogens (tertiary/aromatic N) is 2. The molecule has 3 amide bonds. The highest BCUT2D eigenvalue weighted by Gasteiger charge is 2.38. The molecule has 1 fully saturated rings. The van der Waals surface area contributed by atoms with E-state index in [2.05, 4.69) is 15.6 Å². The number of carbonyl (C=O) groups is 2. The fraction of sp³-hybridized carbons (Fsp3) is 0.240. The molecule has 2 aromatic carbocycles. The zero-order chi connectivity index (χ0) is 23.2. The molecule has 1 aliphatic rings. The van der Waals surface area contributed by atoms with Crippen LogP contribution in [-0.2, 0) is 11.3 Å². The number of likely N-dealkylation sites (tertiary alicyclic amines) is 1. The van der Waals surface area contributed by atoms with E-state index in [0.717, 1.165) is 16.9 Å². The van der Waals surface area contributed by atoms with Gasteiger partial charge < -0.3 is 20.3 Å². The molecule has 2 N–H and O–H groups in total. The topological polar surface area (TPSA) is 83.6 Å². The standard InChI is InChI=1S/C25H25FN4O3/c1-33-21-10-4-18(5-11-21)22-12-14-30(16-17-3-2-13-27-15-17)24(31)23(22)29-25(32)28-20-8-6-19(26)7-9-20/h2-11,13,15,22-23H,12,14,16H2,1H3,(H2,28,29,32)/t22-,23-/m1/s1. The number of rotatable bonds is 6. The maximum Gasteiger partial charge on any atom is 0.319 e. The average molecular weight is 448 g/mol. The lowest BCUT2D eigenvalue weighted by Gasteiger charge is -2.38. The first-order valence-corrected chi connectivity index (χ1v) is 10.7. The first kappa shape index (κ1) is 22.3. The van der Waals surface area contributed by atoms with Gasteiger partial charge in [0.1, 0.15) is 17.6 Å². The summed E-state index contributed by atoms with van der Waals surface area (Å²) in [4.78, 5) is 32.0. The third-order valence-electron chi connectivity index (χ3n) is 5.72. The second-order valence-electron chi connectivity index (χ2n) is 7.87. The highest BCUT2D eigenvalue weighted by atomic mass is 19.1. The third-order valence-corrected chi connectivity index (χ3v) is 5.72. The number of anilines is 1. The Labute approximate surface area is 191 Å². The fourth-order valence-corrected chi connectivity index (χ4v) is 4.02. The highest BCUT2D eigenvalue weighted by molar-refractivity contribution is 5.94. The van der Waals surface area contributed by atoms with Gasteiger partial charge in [0, 0.05) is 37.1 Å². The van der Waals surface area contributed by atoms with Crippen LogP contribution < -0.4 is 15.4 Å². The Morgan fingerprint density at radius 2 is 1.91 bits per heavy atom. The quantitative estimate of drug-likeness (QED) is 0.599. The molecule has 33 heavy (non-hydrogen) atoms. The monoisotopic (exact) mass is 448 g/mol. The molecule has 7 nitrogen and oxygen atoms in total. The summed E-state index contributed by atoms with van der Waals surface area (Å²) in [6.07, 6.45) is 4.09. The van der Waals surface area contributed by atoms with Gasteiger partial charge in [-0.2, -0.15) is 0 Å². The molecule has 3 aromatic rings. The number of carbonyl (C=O) groups excluding carboxylic acids is 2. The Bertz CT molecular complexity index is 1090. The number of hydrogen-bond acceptors (Lipinski definition) is 4. The number of amides is 3. The molecule has 0 aliphatic carbocycles. The maximum absolute atomic E-state index is 13.5. The summed E-state index contributed by atoms with van der Waals surface area (Å²) in [5.74, 6) is -0.0422. The van der Waals surface area contributed by atoms with Gasteiger partial charge in [-0.15, -0.1) is 0 Å². The smallest absolute Gasteiger partial charge is 0.319 e. The van der Waals surface area contributed by atoms with E-state index in [0.29, 0.717) is 25.2 Å². The molecular weight excluding hydrogens is 423 g/mol. The predicted molar refractivity (Wildman–Crippen MR) is 122 cm³/mol. The van der Waals surface area contributed by atoms with Crippen LogP contribution in [0.2, 0.25) is 0 Å². The number of ether oxygens (including phenoxy) is 1. The number of hydrogen-bond donors (Lipinski definition) is 2. The van der Waals surface area contributed by atoms with Crippen molar-refractivity contribution in [2.24, 2.45) is 0 Å². The van der Waals surface area contributed by atoms with E-state index < -0.39 is 17.9 Å². The van der Waals surface area contributed by atoms with E-state index >= 15 is 0 Å². The van der Waals surface area contributed by atoms with E-state index in [1.54, 1.807) is 24.4 Å².